The van der Waals surface area contributed by atoms with E-state index >= 15 is 0 Å². The third-order valence-electron chi connectivity index (χ3n) is 7.83. The van der Waals surface area contributed by atoms with Crippen LogP contribution in [-0.2, 0) is 13.0 Å². The van der Waals surface area contributed by atoms with E-state index in [1.807, 2.05) is 83.8 Å². The number of aryl methyl sites for hydroxylation is 1. The quantitative estimate of drug-likeness (QED) is 0.182. The lowest BCUT2D eigenvalue weighted by molar-refractivity contribution is 0.0746. The fraction of sp³-hybridized carbons (Fsp3) is 0.200. The van der Waals surface area contributed by atoms with Crippen LogP contribution in [0.25, 0.3) is 11.3 Å². The van der Waals surface area contributed by atoms with E-state index in [2.05, 4.69) is 29.3 Å². The highest BCUT2D eigenvalue weighted by Gasteiger charge is 2.42. The fourth-order valence-corrected chi connectivity index (χ4v) is 5.70. The van der Waals surface area contributed by atoms with Gasteiger partial charge in [0.2, 0.25) is 0 Å². The van der Waals surface area contributed by atoms with Crippen molar-refractivity contribution in [2.75, 3.05) is 20.8 Å². The van der Waals surface area contributed by atoms with Crippen LogP contribution < -0.4 is 14.2 Å². The van der Waals surface area contributed by atoms with E-state index in [0.29, 0.717) is 41.8 Å². The van der Waals surface area contributed by atoms with Crippen LogP contribution in [0.5, 0.6) is 17.2 Å². The Kier molecular flexibility index (Phi) is 8.07. The van der Waals surface area contributed by atoms with E-state index in [1.54, 1.807) is 14.2 Å². The van der Waals surface area contributed by atoms with Gasteiger partial charge in [0.15, 0.2) is 11.5 Å². The number of halogens is 1. The van der Waals surface area contributed by atoms with Gasteiger partial charge in [0.1, 0.15) is 18.1 Å². The number of aromatic nitrogens is 2. The molecule has 6 rings (SSSR count). The third kappa shape index (κ3) is 5.68. The van der Waals surface area contributed by atoms with Gasteiger partial charge >= 0.3 is 0 Å². The number of nitrogens with zero attached hydrogens (tertiary/aromatic N) is 2. The van der Waals surface area contributed by atoms with Crippen molar-refractivity contribution >= 4 is 17.5 Å². The maximum absolute atomic E-state index is 13.9. The second-order valence-electron chi connectivity index (χ2n) is 10.5. The topological polar surface area (TPSA) is 76.7 Å². The summed E-state index contributed by atoms with van der Waals surface area (Å²) in [5.41, 5.74) is 7.23. The summed E-state index contributed by atoms with van der Waals surface area (Å²) in [4.78, 5) is 15.8. The van der Waals surface area contributed by atoms with Gasteiger partial charge in [-0.15, -0.1) is 0 Å². The van der Waals surface area contributed by atoms with Crippen molar-refractivity contribution in [1.29, 1.82) is 0 Å². The number of amides is 1. The average molecular weight is 594 g/mol. The van der Waals surface area contributed by atoms with E-state index in [-0.39, 0.29) is 11.9 Å². The average Bonchev–Trinajstić information content (AvgIpc) is 3.58. The molecule has 0 saturated heterocycles. The molecule has 0 bridgehead atoms. The van der Waals surface area contributed by atoms with E-state index in [0.717, 1.165) is 44.8 Å². The molecule has 0 spiro atoms. The van der Waals surface area contributed by atoms with E-state index in [4.69, 9.17) is 25.8 Å². The van der Waals surface area contributed by atoms with Crippen LogP contribution in [0.4, 0.5) is 0 Å². The molecule has 1 unspecified atom stereocenters. The van der Waals surface area contributed by atoms with Gasteiger partial charge in [0, 0.05) is 28.3 Å². The standard InChI is InChI=1S/C35H32ClN3O4/c1-22-8-11-24(12-9-22)32-31-33(38-37-32)35(40)39(19-18-23-10-17-29(41-2)30(20-23)42-3)34(31)25-13-15-27(16-14-25)43-21-26-6-4-5-7-28(26)36/h4-17,20,34H,18-19,21H2,1-3H3,(H,37,38). The molecule has 0 aliphatic carbocycles. The van der Waals surface area contributed by atoms with Crippen LogP contribution in [0.2, 0.25) is 5.02 Å². The third-order valence-corrected chi connectivity index (χ3v) is 8.19. The molecular weight excluding hydrogens is 562 g/mol. The van der Waals surface area contributed by atoms with Crippen LogP contribution in [0.3, 0.4) is 0 Å². The number of aromatic amines is 1. The zero-order chi connectivity index (χ0) is 29.9. The minimum atomic E-state index is -0.324. The van der Waals surface area contributed by atoms with Crippen molar-refractivity contribution in [3.63, 3.8) is 0 Å². The lowest BCUT2D eigenvalue weighted by Gasteiger charge is -2.27. The van der Waals surface area contributed by atoms with Crippen LogP contribution in [-0.4, -0.2) is 41.8 Å². The first-order chi connectivity index (χ1) is 21.0. The first-order valence-electron chi connectivity index (χ1n) is 14.1. The smallest absolute Gasteiger partial charge is 0.273 e. The molecule has 1 aliphatic heterocycles. The number of hydrogen-bond donors (Lipinski definition) is 1. The largest absolute Gasteiger partial charge is 0.493 e. The molecule has 2 heterocycles. The second-order valence-corrected chi connectivity index (χ2v) is 10.9. The molecule has 1 N–H and O–H groups in total. The van der Waals surface area contributed by atoms with Crippen molar-refractivity contribution < 1.29 is 19.0 Å². The predicted molar refractivity (Wildman–Crippen MR) is 167 cm³/mol. The Balaban J connectivity index is 1.31. The molecule has 1 aromatic heterocycles. The monoisotopic (exact) mass is 593 g/mol. The summed E-state index contributed by atoms with van der Waals surface area (Å²) < 4.78 is 16.9. The van der Waals surface area contributed by atoms with E-state index < -0.39 is 0 Å². The molecule has 0 fully saturated rings. The Morgan fingerprint density at radius 2 is 1.65 bits per heavy atom. The lowest BCUT2D eigenvalue weighted by Crippen LogP contribution is -2.31. The molecule has 1 aliphatic rings. The number of rotatable bonds is 10. The van der Waals surface area contributed by atoms with Crippen molar-refractivity contribution in [2.24, 2.45) is 0 Å². The maximum Gasteiger partial charge on any atom is 0.273 e. The maximum atomic E-state index is 13.9. The molecule has 7 nitrogen and oxygen atoms in total. The Morgan fingerprint density at radius 1 is 0.907 bits per heavy atom. The van der Waals surface area contributed by atoms with Crippen molar-refractivity contribution in [3.05, 3.63) is 130 Å². The number of methoxy groups -OCH3 is 2. The Morgan fingerprint density at radius 3 is 2.37 bits per heavy atom. The number of carbonyl (C=O) groups is 1. The number of nitrogens with one attached hydrogen (secondary N) is 1. The minimum absolute atomic E-state index is 0.0783. The first kappa shape index (κ1) is 28.4. The van der Waals surface area contributed by atoms with Gasteiger partial charge in [0.05, 0.1) is 26.0 Å². The Hall–Kier alpha value is -4.75. The van der Waals surface area contributed by atoms with Gasteiger partial charge < -0.3 is 19.1 Å². The van der Waals surface area contributed by atoms with Crippen molar-refractivity contribution in [2.45, 2.75) is 26.0 Å². The summed E-state index contributed by atoms with van der Waals surface area (Å²) in [5.74, 6) is 1.97. The summed E-state index contributed by atoms with van der Waals surface area (Å²) >= 11 is 6.31. The molecular formula is C35H32ClN3O4. The normalized spacial score (nSPS) is 14.1. The molecule has 1 amide bonds. The van der Waals surface area contributed by atoms with Crippen LogP contribution >= 0.6 is 11.6 Å². The van der Waals surface area contributed by atoms with E-state index in [1.165, 1.54) is 0 Å². The number of benzene rings is 4. The molecule has 4 aromatic carbocycles. The number of fused-ring (bicyclic) bond motifs is 1. The van der Waals surface area contributed by atoms with Crippen LogP contribution in [0, 0.1) is 6.92 Å². The molecule has 8 heteroatoms. The van der Waals surface area contributed by atoms with Crippen LogP contribution in [0.15, 0.2) is 91.0 Å². The summed E-state index contributed by atoms with van der Waals surface area (Å²) in [7, 11) is 3.24. The van der Waals surface area contributed by atoms with Gasteiger partial charge in [-0.1, -0.05) is 77.8 Å². The predicted octanol–water partition coefficient (Wildman–Crippen LogP) is 7.42. The van der Waals surface area contributed by atoms with E-state index in [9.17, 15) is 4.79 Å². The number of hydrogen-bond acceptors (Lipinski definition) is 5. The second kappa shape index (κ2) is 12.2. The molecule has 1 atom stereocenters. The summed E-state index contributed by atoms with van der Waals surface area (Å²) in [6, 6.07) is 29.3. The molecule has 218 valence electrons. The molecule has 0 saturated carbocycles. The molecule has 43 heavy (non-hydrogen) atoms. The van der Waals surface area contributed by atoms with Crippen molar-refractivity contribution in [3.8, 4) is 28.5 Å². The number of H-pyrrole nitrogens is 1. The molecule has 0 radical (unpaired) electrons. The SMILES string of the molecule is COc1ccc(CCN2C(=O)c3[nH]nc(-c4ccc(C)cc4)c3C2c2ccc(OCc3ccccc3Cl)cc2)cc1OC. The van der Waals surface area contributed by atoms with Gasteiger partial charge in [-0.3, -0.25) is 9.89 Å². The van der Waals surface area contributed by atoms with Gasteiger partial charge in [-0.25, -0.2) is 0 Å². The van der Waals surface area contributed by atoms with Crippen LogP contribution in [0.1, 0.15) is 44.3 Å². The van der Waals surface area contributed by atoms with Gasteiger partial charge in [-0.05, 0) is 54.8 Å². The minimum Gasteiger partial charge on any atom is -0.493 e. The highest BCUT2D eigenvalue weighted by atomic mass is 35.5. The zero-order valence-corrected chi connectivity index (χ0v) is 25.0. The van der Waals surface area contributed by atoms with Crippen molar-refractivity contribution in [1.82, 2.24) is 15.1 Å². The number of carbonyl (C=O) groups excluding carboxylic acids is 1. The first-order valence-corrected chi connectivity index (χ1v) is 14.5. The Bertz CT molecular complexity index is 1750. The lowest BCUT2D eigenvalue weighted by atomic mass is 9.95. The summed E-state index contributed by atoms with van der Waals surface area (Å²) in [6.45, 7) is 2.91. The Labute approximate surface area is 256 Å². The summed E-state index contributed by atoms with van der Waals surface area (Å²) in [6.07, 6.45) is 0.638. The highest BCUT2D eigenvalue weighted by Crippen LogP contribution is 2.43. The van der Waals surface area contributed by atoms with Gasteiger partial charge in [0.25, 0.3) is 5.91 Å². The molecule has 5 aromatic rings. The highest BCUT2D eigenvalue weighted by molar-refractivity contribution is 6.31. The summed E-state index contributed by atoms with van der Waals surface area (Å²) in [5, 5.41) is 8.33. The zero-order valence-electron chi connectivity index (χ0n) is 24.3. The fourth-order valence-electron chi connectivity index (χ4n) is 5.51. The number of ether oxygens (including phenoxy) is 3. The van der Waals surface area contributed by atoms with Gasteiger partial charge in [-0.2, -0.15) is 5.10 Å².